The van der Waals surface area contributed by atoms with Crippen molar-refractivity contribution < 1.29 is 32.9 Å². The third-order valence-corrected chi connectivity index (χ3v) is 16.0. The average molecular weight is 1040 g/mol. The third-order valence-electron chi connectivity index (χ3n) is 15.0. The first-order valence-corrected chi connectivity index (χ1v) is 33.5. The molecule has 3 atom stereocenters. The van der Waals surface area contributed by atoms with E-state index in [1.54, 1.807) is 6.08 Å². The number of quaternary nitrogens is 1. The molecule has 0 aliphatic heterocycles. The molecule has 0 aliphatic carbocycles. The van der Waals surface area contributed by atoms with Gasteiger partial charge >= 0.3 is 0 Å². The van der Waals surface area contributed by atoms with E-state index in [1.165, 1.54) is 276 Å². The number of aliphatic hydroxyl groups is 1. The lowest BCUT2D eigenvalue weighted by atomic mass is 10.0. The second kappa shape index (κ2) is 55.0. The summed E-state index contributed by atoms with van der Waals surface area (Å²) in [5.74, 6) is -0.188. The molecular formula is C63H127N2O6P. The largest absolute Gasteiger partial charge is 0.756 e. The Morgan fingerprint density at radius 2 is 0.750 bits per heavy atom. The van der Waals surface area contributed by atoms with Gasteiger partial charge in [-0.05, 0) is 19.3 Å². The van der Waals surface area contributed by atoms with E-state index in [0.29, 0.717) is 17.4 Å². The summed E-state index contributed by atoms with van der Waals surface area (Å²) in [5, 5.41) is 13.9. The number of carbonyl (C=O) groups is 1. The smallest absolute Gasteiger partial charge is 0.268 e. The number of unbranched alkanes of at least 4 members (excludes halogenated alkanes) is 47. The predicted octanol–water partition coefficient (Wildman–Crippen LogP) is 19.1. The van der Waals surface area contributed by atoms with Crippen LogP contribution in [-0.2, 0) is 18.4 Å². The lowest BCUT2D eigenvalue weighted by Gasteiger charge is -2.29. The molecule has 0 radical (unpaired) electrons. The molecular weight excluding hydrogens is 912 g/mol. The Labute approximate surface area is 450 Å². The number of hydrogen-bond donors (Lipinski definition) is 2. The highest BCUT2D eigenvalue weighted by Crippen LogP contribution is 2.38. The number of phosphoric acid groups is 1. The molecule has 0 spiro atoms. The number of carbonyl (C=O) groups excluding carboxylic acids is 1. The van der Waals surface area contributed by atoms with Gasteiger partial charge in [-0.15, -0.1) is 0 Å². The zero-order chi connectivity index (χ0) is 52.7. The second-order valence-corrected chi connectivity index (χ2v) is 24.9. The molecule has 1 amide bonds. The van der Waals surface area contributed by atoms with E-state index in [4.69, 9.17) is 9.05 Å². The second-order valence-electron chi connectivity index (χ2n) is 23.5. The van der Waals surface area contributed by atoms with Crippen LogP contribution in [0.4, 0.5) is 0 Å². The van der Waals surface area contributed by atoms with Crippen molar-refractivity contribution in [3.63, 3.8) is 0 Å². The number of likely N-dealkylation sites (N-methyl/N-ethyl adjacent to an activating group) is 1. The van der Waals surface area contributed by atoms with Gasteiger partial charge in [0.1, 0.15) is 13.2 Å². The summed E-state index contributed by atoms with van der Waals surface area (Å²) in [6, 6.07) is -0.883. The first-order chi connectivity index (χ1) is 35.0. The van der Waals surface area contributed by atoms with Crippen molar-refractivity contribution in [2.45, 2.75) is 347 Å². The SMILES string of the molecule is CCCCCCCCCCCCCCCCCCCCCCCC/C=C/C(O)C(COP(=O)([O-])OCC[N+](C)(C)C)NC(=O)CCCCCCCCCCCCCCCCCCCCCCCCCCCC. The highest BCUT2D eigenvalue weighted by Gasteiger charge is 2.23. The molecule has 0 rings (SSSR count). The Balaban J connectivity index is 4.10. The van der Waals surface area contributed by atoms with Gasteiger partial charge in [-0.25, -0.2) is 0 Å². The molecule has 0 aromatic carbocycles. The average Bonchev–Trinajstić information content (AvgIpc) is 3.34. The summed E-state index contributed by atoms with van der Waals surface area (Å²) < 4.78 is 23.4. The molecule has 0 saturated carbocycles. The van der Waals surface area contributed by atoms with Gasteiger partial charge in [-0.2, -0.15) is 0 Å². The number of amides is 1. The Bertz CT molecular complexity index is 1180. The number of rotatable bonds is 60. The van der Waals surface area contributed by atoms with Crippen LogP contribution < -0.4 is 10.2 Å². The fraction of sp³-hybridized carbons (Fsp3) is 0.952. The van der Waals surface area contributed by atoms with Crippen molar-refractivity contribution in [1.82, 2.24) is 5.32 Å². The molecule has 9 heteroatoms. The van der Waals surface area contributed by atoms with Gasteiger partial charge in [0.25, 0.3) is 7.82 Å². The number of nitrogens with one attached hydrogen (secondary N) is 1. The Morgan fingerprint density at radius 1 is 0.472 bits per heavy atom. The fourth-order valence-corrected chi connectivity index (χ4v) is 10.7. The molecule has 0 saturated heterocycles. The number of phosphoric ester groups is 1. The lowest BCUT2D eigenvalue weighted by molar-refractivity contribution is -0.870. The van der Waals surface area contributed by atoms with Gasteiger partial charge in [-0.3, -0.25) is 9.36 Å². The van der Waals surface area contributed by atoms with Crippen LogP contribution in [0.25, 0.3) is 0 Å². The molecule has 0 aromatic heterocycles. The van der Waals surface area contributed by atoms with Crippen LogP contribution in [0.15, 0.2) is 12.2 Å². The van der Waals surface area contributed by atoms with Crippen LogP contribution in [0.5, 0.6) is 0 Å². The van der Waals surface area contributed by atoms with Gasteiger partial charge in [-0.1, -0.05) is 321 Å². The fourth-order valence-electron chi connectivity index (χ4n) is 9.98. The van der Waals surface area contributed by atoms with Gasteiger partial charge in [0, 0.05) is 6.42 Å². The lowest BCUT2D eigenvalue weighted by Crippen LogP contribution is -2.45. The standard InChI is InChI=1S/C63H127N2O6P/c1-6-8-10-12-14-16-18-20-22-24-26-28-30-32-33-35-37-39-41-43-45-47-49-51-53-55-57-63(67)64-61(60-71-72(68,69)70-59-58-65(3,4)5)62(66)56-54-52-50-48-46-44-42-40-38-36-34-31-29-27-25-23-21-19-17-15-13-11-9-7-2/h54,56,61-62,66H,6-53,55,57-60H2,1-5H3,(H-,64,67,68,69)/b56-54+. The number of allylic oxidation sites excluding steroid dienone is 1. The third kappa shape index (κ3) is 57.0. The Morgan fingerprint density at radius 3 is 1.04 bits per heavy atom. The maximum absolute atomic E-state index is 13.0. The molecule has 72 heavy (non-hydrogen) atoms. The van der Waals surface area contributed by atoms with Crippen molar-refractivity contribution >= 4 is 13.7 Å². The van der Waals surface area contributed by atoms with E-state index in [2.05, 4.69) is 19.2 Å². The van der Waals surface area contributed by atoms with Gasteiger partial charge in [0.15, 0.2) is 0 Å². The van der Waals surface area contributed by atoms with E-state index in [0.717, 1.165) is 38.5 Å². The highest BCUT2D eigenvalue weighted by atomic mass is 31.2. The maximum atomic E-state index is 13.0. The van der Waals surface area contributed by atoms with Crippen molar-refractivity contribution in [3.05, 3.63) is 12.2 Å². The molecule has 0 aromatic rings. The van der Waals surface area contributed by atoms with Crippen molar-refractivity contribution in [3.8, 4) is 0 Å². The minimum Gasteiger partial charge on any atom is -0.756 e. The van der Waals surface area contributed by atoms with Crippen LogP contribution in [0.3, 0.4) is 0 Å². The summed E-state index contributed by atoms with van der Waals surface area (Å²) in [7, 11) is 1.28. The topological polar surface area (TPSA) is 108 Å². The maximum Gasteiger partial charge on any atom is 0.268 e. The summed E-state index contributed by atoms with van der Waals surface area (Å²) in [6.07, 6.45) is 68.8. The van der Waals surface area contributed by atoms with Gasteiger partial charge in [0.05, 0.1) is 39.9 Å². The number of aliphatic hydroxyl groups excluding tert-OH is 1. The Kier molecular flexibility index (Phi) is 54.4. The molecule has 8 nitrogen and oxygen atoms in total. The molecule has 2 N–H and O–H groups in total. The van der Waals surface area contributed by atoms with Gasteiger partial charge in [0.2, 0.25) is 5.91 Å². The molecule has 3 unspecified atom stereocenters. The molecule has 0 heterocycles. The summed E-state index contributed by atoms with van der Waals surface area (Å²) in [5.41, 5.74) is 0. The highest BCUT2D eigenvalue weighted by molar-refractivity contribution is 7.45. The molecule has 430 valence electrons. The zero-order valence-corrected chi connectivity index (χ0v) is 50.1. The van der Waals surface area contributed by atoms with Crippen molar-refractivity contribution in [2.24, 2.45) is 0 Å². The van der Waals surface area contributed by atoms with Crippen LogP contribution in [0.1, 0.15) is 335 Å². The summed E-state index contributed by atoms with van der Waals surface area (Å²) >= 11 is 0. The number of hydrogen-bond acceptors (Lipinski definition) is 6. The minimum atomic E-state index is -4.60. The van der Waals surface area contributed by atoms with Crippen LogP contribution >= 0.6 is 7.82 Å². The first-order valence-electron chi connectivity index (χ1n) is 32.1. The normalized spacial score (nSPS) is 13.8. The monoisotopic (exact) mass is 1040 g/mol. The van der Waals surface area contributed by atoms with E-state index in [9.17, 15) is 19.4 Å². The van der Waals surface area contributed by atoms with E-state index in [-0.39, 0.29) is 19.1 Å². The zero-order valence-electron chi connectivity index (χ0n) is 49.2. The van der Waals surface area contributed by atoms with Gasteiger partial charge < -0.3 is 28.8 Å². The van der Waals surface area contributed by atoms with E-state index in [1.807, 2.05) is 27.2 Å². The van der Waals surface area contributed by atoms with Crippen LogP contribution in [0, 0.1) is 0 Å². The molecule has 0 fully saturated rings. The molecule has 0 bridgehead atoms. The van der Waals surface area contributed by atoms with Crippen molar-refractivity contribution in [1.29, 1.82) is 0 Å². The quantitative estimate of drug-likeness (QED) is 0.0272. The van der Waals surface area contributed by atoms with Crippen LogP contribution in [-0.4, -0.2) is 68.5 Å². The predicted molar refractivity (Wildman–Crippen MR) is 312 cm³/mol. The van der Waals surface area contributed by atoms with E-state index < -0.39 is 20.0 Å². The molecule has 0 aliphatic rings. The van der Waals surface area contributed by atoms with E-state index >= 15 is 0 Å². The van der Waals surface area contributed by atoms with Crippen LogP contribution in [0.2, 0.25) is 0 Å². The summed E-state index contributed by atoms with van der Waals surface area (Å²) in [6.45, 7) is 4.72. The number of nitrogens with zero attached hydrogens (tertiary/aromatic N) is 1. The summed E-state index contributed by atoms with van der Waals surface area (Å²) in [4.78, 5) is 25.6. The minimum absolute atomic E-state index is 0.00289. The van der Waals surface area contributed by atoms with Crippen molar-refractivity contribution in [2.75, 3.05) is 40.9 Å². The Hall–Kier alpha value is -0.760. The first kappa shape index (κ1) is 71.2.